The summed E-state index contributed by atoms with van der Waals surface area (Å²) in [4.78, 5) is 14.8. The van der Waals surface area contributed by atoms with Crippen LogP contribution in [0, 0.1) is 0 Å². The second-order valence-electron chi connectivity index (χ2n) is 4.55. The van der Waals surface area contributed by atoms with Gasteiger partial charge in [0.1, 0.15) is 5.78 Å². The minimum atomic E-state index is 0.266. The van der Waals surface area contributed by atoms with E-state index in [1.807, 2.05) is 0 Å². The molecule has 0 saturated heterocycles. The molecule has 0 aliphatic carbocycles. The number of thiophene rings is 1. The summed E-state index contributed by atoms with van der Waals surface area (Å²) in [5.41, 5.74) is 0. The first kappa shape index (κ1) is 13.4. The van der Waals surface area contributed by atoms with Crippen molar-refractivity contribution in [2.24, 2.45) is 0 Å². The molecule has 90 valence electrons. The number of likely N-dealkylation sites (N-methyl/N-ethyl adjacent to an activating group) is 1. The standard InChI is InChI=1S/C13H21NOS/c1-10(8-12(3)15)14(4)11(2)9-13-6-5-7-16-13/h5-7,10-11H,8-9H2,1-4H3. The van der Waals surface area contributed by atoms with Crippen LogP contribution < -0.4 is 0 Å². The van der Waals surface area contributed by atoms with Crippen molar-refractivity contribution in [3.8, 4) is 0 Å². The van der Waals surface area contributed by atoms with E-state index < -0.39 is 0 Å². The van der Waals surface area contributed by atoms with E-state index in [9.17, 15) is 4.79 Å². The smallest absolute Gasteiger partial charge is 0.131 e. The van der Waals surface area contributed by atoms with E-state index in [2.05, 4.69) is 43.3 Å². The summed E-state index contributed by atoms with van der Waals surface area (Å²) >= 11 is 1.80. The minimum Gasteiger partial charge on any atom is -0.300 e. The van der Waals surface area contributed by atoms with Gasteiger partial charge in [-0.05, 0) is 45.7 Å². The Kier molecular flexibility index (Phi) is 5.16. The predicted molar refractivity (Wildman–Crippen MR) is 70.0 cm³/mol. The third kappa shape index (κ3) is 4.06. The van der Waals surface area contributed by atoms with Crippen molar-refractivity contribution in [3.05, 3.63) is 22.4 Å². The normalized spacial score (nSPS) is 15.1. The average Bonchev–Trinajstić information content (AvgIpc) is 2.68. The molecule has 1 rings (SSSR count). The lowest BCUT2D eigenvalue weighted by Crippen LogP contribution is -2.38. The van der Waals surface area contributed by atoms with Crippen LogP contribution in [0.4, 0.5) is 0 Å². The van der Waals surface area contributed by atoms with Crippen LogP contribution in [0.2, 0.25) is 0 Å². The number of ketones is 1. The Hall–Kier alpha value is -0.670. The Balaban J connectivity index is 2.46. The Morgan fingerprint density at radius 2 is 2.12 bits per heavy atom. The summed E-state index contributed by atoms with van der Waals surface area (Å²) in [5.74, 6) is 0.266. The molecule has 0 aliphatic heterocycles. The first-order valence-corrected chi connectivity index (χ1v) is 6.62. The van der Waals surface area contributed by atoms with Crippen molar-refractivity contribution in [2.75, 3.05) is 7.05 Å². The number of Topliss-reactive ketones (excluding diaryl/α,β-unsaturated/α-hetero) is 1. The second kappa shape index (κ2) is 6.16. The van der Waals surface area contributed by atoms with Crippen LogP contribution in [0.3, 0.4) is 0 Å². The summed E-state index contributed by atoms with van der Waals surface area (Å²) in [6, 6.07) is 5.07. The zero-order valence-electron chi connectivity index (χ0n) is 10.6. The van der Waals surface area contributed by atoms with Gasteiger partial charge in [0.2, 0.25) is 0 Å². The van der Waals surface area contributed by atoms with E-state index in [1.165, 1.54) is 4.88 Å². The molecular formula is C13H21NOS. The molecule has 0 radical (unpaired) electrons. The lowest BCUT2D eigenvalue weighted by molar-refractivity contribution is -0.118. The molecule has 0 aromatic carbocycles. The molecule has 0 N–H and O–H groups in total. The first-order chi connectivity index (χ1) is 7.50. The molecule has 2 nitrogen and oxygen atoms in total. The van der Waals surface area contributed by atoms with E-state index in [1.54, 1.807) is 18.3 Å². The number of nitrogens with zero attached hydrogens (tertiary/aromatic N) is 1. The Morgan fingerprint density at radius 3 is 2.62 bits per heavy atom. The summed E-state index contributed by atoms with van der Waals surface area (Å²) in [5, 5.41) is 2.11. The molecule has 2 unspecified atom stereocenters. The number of hydrogen-bond donors (Lipinski definition) is 0. The molecule has 2 atom stereocenters. The van der Waals surface area contributed by atoms with Crippen LogP contribution in [-0.4, -0.2) is 29.8 Å². The van der Waals surface area contributed by atoms with Crippen molar-refractivity contribution < 1.29 is 4.79 Å². The monoisotopic (exact) mass is 239 g/mol. The zero-order valence-corrected chi connectivity index (χ0v) is 11.4. The van der Waals surface area contributed by atoms with Crippen LogP contribution in [0.1, 0.15) is 32.1 Å². The molecule has 0 saturated carbocycles. The highest BCUT2D eigenvalue weighted by Crippen LogP contribution is 2.15. The molecule has 0 bridgehead atoms. The van der Waals surface area contributed by atoms with Gasteiger partial charge in [0.15, 0.2) is 0 Å². The molecule has 16 heavy (non-hydrogen) atoms. The lowest BCUT2D eigenvalue weighted by Gasteiger charge is -2.30. The Labute approximate surface area is 102 Å². The van der Waals surface area contributed by atoms with Gasteiger partial charge in [-0.25, -0.2) is 0 Å². The largest absolute Gasteiger partial charge is 0.300 e. The van der Waals surface area contributed by atoms with Crippen molar-refractivity contribution in [1.82, 2.24) is 4.90 Å². The van der Waals surface area contributed by atoms with Gasteiger partial charge in [-0.1, -0.05) is 6.07 Å². The summed E-state index contributed by atoms with van der Waals surface area (Å²) < 4.78 is 0. The molecule has 0 amide bonds. The van der Waals surface area contributed by atoms with Crippen LogP contribution in [-0.2, 0) is 11.2 Å². The molecule has 1 aromatic heterocycles. The summed E-state index contributed by atoms with van der Waals surface area (Å²) in [6.45, 7) is 6.00. The maximum absolute atomic E-state index is 11.1. The highest BCUT2D eigenvalue weighted by molar-refractivity contribution is 7.09. The number of carbonyl (C=O) groups is 1. The van der Waals surface area contributed by atoms with E-state index in [0.717, 1.165) is 6.42 Å². The fraction of sp³-hybridized carbons (Fsp3) is 0.615. The number of carbonyl (C=O) groups excluding carboxylic acids is 1. The molecule has 1 aromatic rings. The minimum absolute atomic E-state index is 0.266. The second-order valence-corrected chi connectivity index (χ2v) is 5.59. The van der Waals surface area contributed by atoms with Crippen LogP contribution in [0.15, 0.2) is 17.5 Å². The van der Waals surface area contributed by atoms with E-state index in [0.29, 0.717) is 18.5 Å². The van der Waals surface area contributed by atoms with Gasteiger partial charge < -0.3 is 4.90 Å². The maximum atomic E-state index is 11.1. The van der Waals surface area contributed by atoms with Crippen LogP contribution in [0.5, 0.6) is 0 Å². The van der Waals surface area contributed by atoms with Crippen LogP contribution in [0.25, 0.3) is 0 Å². The SMILES string of the molecule is CC(=O)CC(C)N(C)C(C)Cc1cccs1. The predicted octanol–water partition coefficient (Wildman–Crippen LogP) is 2.98. The maximum Gasteiger partial charge on any atom is 0.131 e. The van der Waals surface area contributed by atoms with Gasteiger partial charge in [0, 0.05) is 23.4 Å². The molecular weight excluding hydrogens is 218 g/mol. The summed E-state index contributed by atoms with van der Waals surface area (Å²) in [7, 11) is 2.10. The molecule has 1 heterocycles. The number of hydrogen-bond acceptors (Lipinski definition) is 3. The summed E-state index contributed by atoms with van der Waals surface area (Å²) in [6.07, 6.45) is 1.71. The molecule has 0 aliphatic rings. The van der Waals surface area contributed by atoms with Gasteiger partial charge in [0.25, 0.3) is 0 Å². The molecule has 0 fully saturated rings. The van der Waals surface area contributed by atoms with Gasteiger partial charge in [-0.3, -0.25) is 4.79 Å². The zero-order chi connectivity index (χ0) is 12.1. The highest BCUT2D eigenvalue weighted by atomic mass is 32.1. The topological polar surface area (TPSA) is 20.3 Å². The van der Waals surface area contributed by atoms with Gasteiger partial charge >= 0.3 is 0 Å². The third-order valence-electron chi connectivity index (χ3n) is 3.05. The molecule has 0 spiro atoms. The fourth-order valence-corrected chi connectivity index (χ4v) is 2.68. The first-order valence-electron chi connectivity index (χ1n) is 5.74. The Morgan fingerprint density at radius 1 is 1.44 bits per heavy atom. The lowest BCUT2D eigenvalue weighted by atomic mass is 10.1. The Bertz CT molecular complexity index is 321. The van der Waals surface area contributed by atoms with Crippen molar-refractivity contribution in [2.45, 2.75) is 45.7 Å². The van der Waals surface area contributed by atoms with E-state index in [4.69, 9.17) is 0 Å². The van der Waals surface area contributed by atoms with Crippen LogP contribution >= 0.6 is 11.3 Å². The van der Waals surface area contributed by atoms with Crippen molar-refractivity contribution in [1.29, 1.82) is 0 Å². The van der Waals surface area contributed by atoms with E-state index >= 15 is 0 Å². The van der Waals surface area contributed by atoms with Gasteiger partial charge in [0.05, 0.1) is 0 Å². The van der Waals surface area contributed by atoms with E-state index in [-0.39, 0.29) is 5.78 Å². The van der Waals surface area contributed by atoms with Crippen molar-refractivity contribution in [3.63, 3.8) is 0 Å². The van der Waals surface area contributed by atoms with Gasteiger partial charge in [-0.2, -0.15) is 0 Å². The average molecular weight is 239 g/mol. The fourth-order valence-electron chi connectivity index (χ4n) is 1.86. The van der Waals surface area contributed by atoms with Gasteiger partial charge in [-0.15, -0.1) is 11.3 Å². The third-order valence-corrected chi connectivity index (χ3v) is 3.95. The highest BCUT2D eigenvalue weighted by Gasteiger charge is 2.17. The van der Waals surface area contributed by atoms with Crippen molar-refractivity contribution >= 4 is 17.1 Å². The number of rotatable bonds is 6. The quantitative estimate of drug-likeness (QED) is 0.760. The molecule has 3 heteroatoms.